The van der Waals surface area contributed by atoms with Crippen molar-refractivity contribution in [2.24, 2.45) is 0 Å². The summed E-state index contributed by atoms with van der Waals surface area (Å²) in [5, 5.41) is 12.5. The second kappa shape index (κ2) is 4.73. The SMILES string of the molecule is N#Cc1ccc(Cl)cc1Nc1ccc(N)cn1. The Balaban J connectivity index is 2.32. The molecule has 0 aliphatic carbocycles. The molecule has 1 aromatic heterocycles. The molecule has 0 amide bonds. The van der Waals surface area contributed by atoms with Gasteiger partial charge in [0.25, 0.3) is 0 Å². The highest BCUT2D eigenvalue weighted by Gasteiger charge is 2.03. The molecule has 0 bridgehead atoms. The summed E-state index contributed by atoms with van der Waals surface area (Å²) in [6.45, 7) is 0. The summed E-state index contributed by atoms with van der Waals surface area (Å²) in [6.07, 6.45) is 1.54. The van der Waals surface area contributed by atoms with Crippen LogP contribution in [0, 0.1) is 11.3 Å². The van der Waals surface area contributed by atoms with Crippen LogP contribution in [0.3, 0.4) is 0 Å². The first kappa shape index (κ1) is 11.2. The van der Waals surface area contributed by atoms with Gasteiger partial charge in [0.2, 0.25) is 0 Å². The quantitative estimate of drug-likeness (QED) is 0.852. The van der Waals surface area contributed by atoms with Crippen molar-refractivity contribution >= 4 is 28.8 Å². The molecule has 2 rings (SSSR count). The van der Waals surface area contributed by atoms with E-state index in [4.69, 9.17) is 22.6 Å². The van der Waals surface area contributed by atoms with Crippen LogP contribution in [0.1, 0.15) is 5.56 Å². The van der Waals surface area contributed by atoms with Gasteiger partial charge in [0.1, 0.15) is 11.9 Å². The van der Waals surface area contributed by atoms with Crippen LogP contribution in [-0.2, 0) is 0 Å². The zero-order valence-corrected chi connectivity index (χ0v) is 9.57. The lowest BCUT2D eigenvalue weighted by atomic mass is 10.2. The van der Waals surface area contributed by atoms with Crippen molar-refractivity contribution in [3.05, 3.63) is 47.1 Å². The fourth-order valence-electron chi connectivity index (χ4n) is 1.33. The molecule has 2 aromatic rings. The third-order valence-electron chi connectivity index (χ3n) is 2.15. The number of aromatic nitrogens is 1. The minimum atomic E-state index is 0.507. The van der Waals surface area contributed by atoms with Crippen LogP contribution >= 0.6 is 11.6 Å². The lowest BCUT2D eigenvalue weighted by molar-refractivity contribution is 1.31. The van der Waals surface area contributed by atoms with E-state index < -0.39 is 0 Å². The molecule has 5 heteroatoms. The second-order valence-corrected chi connectivity index (χ2v) is 3.84. The van der Waals surface area contributed by atoms with Crippen molar-refractivity contribution in [1.29, 1.82) is 5.26 Å². The Morgan fingerprint density at radius 3 is 2.76 bits per heavy atom. The van der Waals surface area contributed by atoms with Crippen molar-refractivity contribution in [2.45, 2.75) is 0 Å². The second-order valence-electron chi connectivity index (χ2n) is 3.40. The first-order valence-corrected chi connectivity index (χ1v) is 5.25. The van der Waals surface area contributed by atoms with Crippen LogP contribution in [-0.4, -0.2) is 4.98 Å². The van der Waals surface area contributed by atoms with Gasteiger partial charge in [-0.3, -0.25) is 0 Å². The molecule has 0 fully saturated rings. The topological polar surface area (TPSA) is 74.7 Å². The van der Waals surface area contributed by atoms with Gasteiger partial charge in [-0.1, -0.05) is 11.6 Å². The van der Waals surface area contributed by atoms with Crippen LogP contribution in [0.25, 0.3) is 0 Å². The van der Waals surface area contributed by atoms with Crippen molar-refractivity contribution in [3.8, 4) is 6.07 Å². The van der Waals surface area contributed by atoms with E-state index in [1.165, 1.54) is 0 Å². The van der Waals surface area contributed by atoms with Gasteiger partial charge in [-0.15, -0.1) is 0 Å². The summed E-state index contributed by atoms with van der Waals surface area (Å²) in [6, 6.07) is 10.5. The Bertz CT molecular complexity index is 572. The minimum Gasteiger partial charge on any atom is -0.397 e. The number of nitriles is 1. The number of nitrogens with two attached hydrogens (primary N) is 1. The molecule has 1 heterocycles. The molecule has 84 valence electrons. The number of halogens is 1. The number of benzene rings is 1. The molecule has 1 aromatic carbocycles. The van der Waals surface area contributed by atoms with Crippen molar-refractivity contribution in [1.82, 2.24) is 4.98 Å². The van der Waals surface area contributed by atoms with E-state index in [0.29, 0.717) is 27.8 Å². The molecule has 0 saturated carbocycles. The van der Waals surface area contributed by atoms with Crippen LogP contribution in [0.15, 0.2) is 36.5 Å². The maximum absolute atomic E-state index is 8.96. The molecule has 0 radical (unpaired) electrons. The van der Waals surface area contributed by atoms with Gasteiger partial charge < -0.3 is 11.1 Å². The Kier molecular flexibility index (Phi) is 3.12. The van der Waals surface area contributed by atoms with Crippen LogP contribution in [0.5, 0.6) is 0 Å². The maximum Gasteiger partial charge on any atom is 0.130 e. The number of nitrogens with zero attached hydrogens (tertiary/aromatic N) is 2. The van der Waals surface area contributed by atoms with Crippen LogP contribution < -0.4 is 11.1 Å². The van der Waals surface area contributed by atoms with Gasteiger partial charge in [-0.05, 0) is 30.3 Å². The van der Waals surface area contributed by atoms with Gasteiger partial charge in [0.15, 0.2) is 0 Å². The highest BCUT2D eigenvalue weighted by Crippen LogP contribution is 2.23. The number of anilines is 3. The predicted octanol–water partition coefficient (Wildman–Crippen LogP) is 2.93. The first-order valence-electron chi connectivity index (χ1n) is 4.87. The monoisotopic (exact) mass is 244 g/mol. The number of hydrogen-bond donors (Lipinski definition) is 2. The fraction of sp³-hybridized carbons (Fsp3) is 0. The molecule has 3 N–H and O–H groups in total. The van der Waals surface area contributed by atoms with Crippen LogP contribution in [0.4, 0.5) is 17.2 Å². The Morgan fingerprint density at radius 2 is 2.12 bits per heavy atom. The van der Waals surface area contributed by atoms with Crippen LogP contribution in [0.2, 0.25) is 5.02 Å². The normalized spacial score (nSPS) is 9.65. The smallest absolute Gasteiger partial charge is 0.130 e. The van der Waals surface area contributed by atoms with Gasteiger partial charge in [0, 0.05) is 5.02 Å². The molecule has 0 spiro atoms. The van der Waals surface area contributed by atoms with E-state index in [-0.39, 0.29) is 0 Å². The highest BCUT2D eigenvalue weighted by molar-refractivity contribution is 6.30. The van der Waals surface area contributed by atoms with Crippen molar-refractivity contribution in [3.63, 3.8) is 0 Å². The van der Waals surface area contributed by atoms with Gasteiger partial charge in [-0.2, -0.15) is 5.26 Å². The minimum absolute atomic E-state index is 0.507. The van der Waals surface area contributed by atoms with Gasteiger partial charge >= 0.3 is 0 Å². The Hall–Kier alpha value is -2.25. The number of nitrogens with one attached hydrogen (secondary N) is 1. The number of nitrogen functional groups attached to an aromatic ring is 1. The van der Waals surface area contributed by atoms with Crippen molar-refractivity contribution in [2.75, 3.05) is 11.1 Å². The molecule has 0 saturated heterocycles. The van der Waals surface area contributed by atoms with E-state index in [9.17, 15) is 0 Å². The first-order chi connectivity index (χ1) is 8.19. The highest BCUT2D eigenvalue weighted by atomic mass is 35.5. The maximum atomic E-state index is 8.96. The summed E-state index contributed by atoms with van der Waals surface area (Å²) >= 11 is 5.88. The van der Waals surface area contributed by atoms with E-state index in [1.807, 2.05) is 0 Å². The van der Waals surface area contributed by atoms with E-state index in [2.05, 4.69) is 16.4 Å². The largest absolute Gasteiger partial charge is 0.397 e. The fourth-order valence-corrected chi connectivity index (χ4v) is 1.51. The molecule has 0 unspecified atom stereocenters. The van der Waals surface area contributed by atoms with E-state index in [1.54, 1.807) is 36.5 Å². The number of rotatable bonds is 2. The zero-order valence-electron chi connectivity index (χ0n) is 8.81. The number of hydrogen-bond acceptors (Lipinski definition) is 4. The summed E-state index contributed by atoms with van der Waals surface area (Å²) in [4.78, 5) is 4.09. The molecule has 17 heavy (non-hydrogen) atoms. The average molecular weight is 245 g/mol. The molecular weight excluding hydrogens is 236 g/mol. The third kappa shape index (κ3) is 2.65. The van der Waals surface area contributed by atoms with E-state index >= 15 is 0 Å². The van der Waals surface area contributed by atoms with Gasteiger partial charge in [-0.25, -0.2) is 4.98 Å². The standard InChI is InChI=1S/C12H9ClN4/c13-9-2-1-8(6-14)11(5-9)17-12-4-3-10(15)7-16-12/h1-5,7H,15H2,(H,16,17). The summed E-state index contributed by atoms with van der Waals surface area (Å²) in [5.74, 6) is 0.609. The average Bonchev–Trinajstić information content (AvgIpc) is 2.32. The summed E-state index contributed by atoms with van der Waals surface area (Å²) in [7, 11) is 0. The van der Waals surface area contributed by atoms with Gasteiger partial charge in [0.05, 0.1) is 23.1 Å². The lowest BCUT2D eigenvalue weighted by Gasteiger charge is -2.07. The molecule has 0 atom stereocenters. The molecular formula is C12H9ClN4. The Morgan fingerprint density at radius 1 is 1.29 bits per heavy atom. The molecule has 0 aliphatic heterocycles. The molecule has 0 aliphatic rings. The predicted molar refractivity (Wildman–Crippen MR) is 68.1 cm³/mol. The van der Waals surface area contributed by atoms with Crippen molar-refractivity contribution < 1.29 is 0 Å². The third-order valence-corrected chi connectivity index (χ3v) is 2.39. The summed E-state index contributed by atoms with van der Waals surface area (Å²) in [5.41, 5.74) is 7.25. The molecule has 4 nitrogen and oxygen atoms in total. The van der Waals surface area contributed by atoms with E-state index in [0.717, 1.165) is 0 Å². The lowest BCUT2D eigenvalue weighted by Crippen LogP contribution is -1.96. The summed E-state index contributed by atoms with van der Waals surface area (Å²) < 4.78 is 0. The Labute approximate surface area is 104 Å². The zero-order chi connectivity index (χ0) is 12.3. The number of pyridine rings is 1.